The summed E-state index contributed by atoms with van der Waals surface area (Å²) in [6, 6.07) is 11.1. The number of hydrazone groups is 1. The molecule has 0 radical (unpaired) electrons. The summed E-state index contributed by atoms with van der Waals surface area (Å²) in [5.74, 6) is -1.57. The lowest BCUT2D eigenvalue weighted by molar-refractivity contribution is -0.139. The number of carbonyl (C=O) groups is 2. The Morgan fingerprint density at radius 1 is 1.25 bits per heavy atom. The van der Waals surface area contributed by atoms with Gasteiger partial charge in [0.25, 0.3) is 0 Å². The third kappa shape index (κ3) is 6.35. The summed E-state index contributed by atoms with van der Waals surface area (Å²) in [6.45, 7) is 3.74. The Morgan fingerprint density at radius 2 is 2.00 bits per heavy atom. The average molecular weight is 406 g/mol. The predicted octanol–water partition coefficient (Wildman–Crippen LogP) is 3.42. The number of hydrogen-bond donors (Lipinski definition) is 2. The number of nitrogens with zero attached hydrogens (tertiary/aromatic N) is 1. The van der Waals surface area contributed by atoms with Gasteiger partial charge in [0.15, 0.2) is 0 Å². The van der Waals surface area contributed by atoms with Gasteiger partial charge in [-0.05, 0) is 43.2 Å². The second-order valence-electron chi connectivity index (χ2n) is 6.05. The van der Waals surface area contributed by atoms with E-state index >= 15 is 0 Å². The van der Waals surface area contributed by atoms with Crippen LogP contribution >= 0.6 is 11.6 Å². The van der Waals surface area contributed by atoms with Crippen molar-refractivity contribution in [1.29, 1.82) is 0 Å². The minimum atomic E-state index is -0.854. The fourth-order valence-corrected chi connectivity index (χ4v) is 2.34. The van der Waals surface area contributed by atoms with E-state index in [-0.39, 0.29) is 18.5 Å². The first-order valence-corrected chi connectivity index (χ1v) is 9.08. The molecule has 0 saturated heterocycles. The minimum Gasteiger partial charge on any atom is -0.487 e. The molecule has 0 aromatic heterocycles. The van der Waals surface area contributed by atoms with Crippen LogP contribution in [-0.2, 0) is 16.2 Å². The lowest BCUT2D eigenvalue weighted by atomic mass is 10.2. The van der Waals surface area contributed by atoms with Gasteiger partial charge in [-0.3, -0.25) is 9.59 Å². The molecular formula is C20H21ClFN3O3. The molecule has 0 aliphatic heterocycles. The van der Waals surface area contributed by atoms with Gasteiger partial charge in [0, 0.05) is 11.6 Å². The maximum atomic E-state index is 13.6. The number of nitrogens with one attached hydrogen (secondary N) is 2. The van der Waals surface area contributed by atoms with Gasteiger partial charge in [-0.1, -0.05) is 36.7 Å². The fraction of sp³-hybridized carbons (Fsp3) is 0.250. The van der Waals surface area contributed by atoms with Crippen LogP contribution in [0.2, 0.25) is 5.02 Å². The molecule has 2 amide bonds. The van der Waals surface area contributed by atoms with E-state index in [1.54, 1.807) is 43.3 Å². The van der Waals surface area contributed by atoms with Crippen molar-refractivity contribution in [2.75, 3.05) is 0 Å². The number of halogens is 2. The summed E-state index contributed by atoms with van der Waals surface area (Å²) in [7, 11) is 0. The lowest BCUT2D eigenvalue weighted by Crippen LogP contribution is -2.41. The number of ether oxygens (including phenoxy) is 1. The Morgan fingerprint density at radius 3 is 2.68 bits per heavy atom. The van der Waals surface area contributed by atoms with E-state index in [4.69, 9.17) is 16.3 Å². The van der Waals surface area contributed by atoms with Gasteiger partial charge in [-0.2, -0.15) is 5.10 Å². The number of benzene rings is 2. The first kappa shape index (κ1) is 21.4. The smallest absolute Gasteiger partial charge is 0.329 e. The molecule has 0 saturated carbocycles. The fourth-order valence-electron chi connectivity index (χ4n) is 2.09. The van der Waals surface area contributed by atoms with Crippen molar-refractivity contribution < 1.29 is 18.7 Å². The van der Waals surface area contributed by atoms with Gasteiger partial charge < -0.3 is 10.1 Å². The summed E-state index contributed by atoms with van der Waals surface area (Å²) >= 11 is 6.17. The Kier molecular flexibility index (Phi) is 7.95. The molecule has 0 spiro atoms. The van der Waals surface area contributed by atoms with Gasteiger partial charge in [-0.25, -0.2) is 9.82 Å². The molecule has 0 fully saturated rings. The van der Waals surface area contributed by atoms with Gasteiger partial charge in [-0.15, -0.1) is 0 Å². The summed E-state index contributed by atoms with van der Waals surface area (Å²) < 4.78 is 19.2. The molecule has 2 N–H and O–H groups in total. The maximum Gasteiger partial charge on any atom is 0.329 e. The van der Waals surface area contributed by atoms with E-state index in [1.807, 2.05) is 6.92 Å². The molecule has 2 rings (SSSR count). The van der Waals surface area contributed by atoms with Crippen molar-refractivity contribution in [3.63, 3.8) is 0 Å². The van der Waals surface area contributed by atoms with Gasteiger partial charge >= 0.3 is 11.8 Å². The van der Waals surface area contributed by atoms with Crippen molar-refractivity contribution in [3.8, 4) is 5.75 Å². The highest BCUT2D eigenvalue weighted by molar-refractivity contribution is 6.35. The molecule has 148 valence electrons. The molecule has 0 bridgehead atoms. The molecule has 6 nitrogen and oxygen atoms in total. The zero-order valence-corrected chi connectivity index (χ0v) is 16.3. The zero-order chi connectivity index (χ0) is 20.5. The summed E-state index contributed by atoms with van der Waals surface area (Å²) in [5, 5.41) is 6.58. The van der Waals surface area contributed by atoms with Crippen molar-refractivity contribution in [1.82, 2.24) is 10.7 Å². The van der Waals surface area contributed by atoms with Crippen molar-refractivity contribution >= 4 is 29.6 Å². The van der Waals surface area contributed by atoms with Crippen LogP contribution in [0.3, 0.4) is 0 Å². The molecule has 0 aliphatic carbocycles. The van der Waals surface area contributed by atoms with E-state index in [0.717, 1.165) is 0 Å². The summed E-state index contributed by atoms with van der Waals surface area (Å²) in [6.07, 6.45) is 2.06. The van der Waals surface area contributed by atoms with Gasteiger partial charge in [0.2, 0.25) is 0 Å². The lowest BCUT2D eigenvalue weighted by Gasteiger charge is -2.10. The SMILES string of the molecule is CC[C@@H](C)NC(=O)C(=O)N/N=C\c1ccc(OCc2ccccc2F)c(Cl)c1. The summed E-state index contributed by atoms with van der Waals surface area (Å²) in [4.78, 5) is 23.2. The maximum absolute atomic E-state index is 13.6. The van der Waals surface area contributed by atoms with Crippen LogP contribution in [0.25, 0.3) is 0 Å². The van der Waals surface area contributed by atoms with Gasteiger partial charge in [0.05, 0.1) is 11.2 Å². The highest BCUT2D eigenvalue weighted by Crippen LogP contribution is 2.26. The van der Waals surface area contributed by atoms with E-state index in [2.05, 4.69) is 15.8 Å². The van der Waals surface area contributed by atoms with Crippen LogP contribution in [0, 0.1) is 5.82 Å². The molecule has 0 heterocycles. The van der Waals surface area contributed by atoms with Crippen LogP contribution < -0.4 is 15.5 Å². The Hall–Kier alpha value is -2.93. The first-order valence-electron chi connectivity index (χ1n) is 8.70. The highest BCUT2D eigenvalue weighted by atomic mass is 35.5. The van der Waals surface area contributed by atoms with Crippen LogP contribution in [0.15, 0.2) is 47.6 Å². The standard InChI is InChI=1S/C20H21ClFN3O3/c1-3-13(2)24-19(26)20(27)25-23-11-14-8-9-18(16(21)10-14)28-12-15-6-4-5-7-17(15)22/h4-11,13H,3,12H2,1-2H3,(H,24,26)(H,25,27)/b23-11-/t13-/m1/s1. The third-order valence-corrected chi connectivity index (χ3v) is 4.17. The molecule has 8 heteroatoms. The molecule has 2 aromatic rings. The van der Waals surface area contributed by atoms with Crippen LogP contribution in [-0.4, -0.2) is 24.1 Å². The monoisotopic (exact) mass is 405 g/mol. The van der Waals surface area contributed by atoms with Crippen molar-refractivity contribution in [2.45, 2.75) is 32.9 Å². The minimum absolute atomic E-state index is 0.0428. The second kappa shape index (κ2) is 10.4. The first-order chi connectivity index (χ1) is 13.4. The molecule has 28 heavy (non-hydrogen) atoms. The highest BCUT2D eigenvalue weighted by Gasteiger charge is 2.14. The molecule has 2 aromatic carbocycles. The van der Waals surface area contributed by atoms with Crippen LogP contribution in [0.4, 0.5) is 4.39 Å². The molecule has 0 unspecified atom stereocenters. The largest absolute Gasteiger partial charge is 0.487 e. The topological polar surface area (TPSA) is 79.8 Å². The number of hydrogen-bond acceptors (Lipinski definition) is 4. The molecule has 1 atom stereocenters. The number of amides is 2. The third-order valence-electron chi connectivity index (χ3n) is 3.87. The Balaban J connectivity index is 1.91. The van der Waals surface area contributed by atoms with Crippen LogP contribution in [0.5, 0.6) is 5.75 Å². The van der Waals surface area contributed by atoms with E-state index in [0.29, 0.717) is 28.3 Å². The average Bonchev–Trinajstić information content (AvgIpc) is 2.68. The van der Waals surface area contributed by atoms with E-state index in [1.165, 1.54) is 12.3 Å². The zero-order valence-electron chi connectivity index (χ0n) is 15.5. The van der Waals surface area contributed by atoms with E-state index in [9.17, 15) is 14.0 Å². The Labute approximate surface area is 167 Å². The normalized spacial score (nSPS) is 11.9. The quantitative estimate of drug-likeness (QED) is 0.421. The van der Waals surface area contributed by atoms with Crippen molar-refractivity contribution in [3.05, 3.63) is 64.4 Å². The number of carbonyl (C=O) groups excluding carboxylic acids is 2. The molecular weight excluding hydrogens is 385 g/mol. The summed E-state index contributed by atoms with van der Waals surface area (Å²) in [5.41, 5.74) is 3.16. The van der Waals surface area contributed by atoms with Gasteiger partial charge in [0.1, 0.15) is 18.2 Å². The van der Waals surface area contributed by atoms with E-state index < -0.39 is 11.8 Å². The Bertz CT molecular complexity index is 874. The van der Waals surface area contributed by atoms with Crippen LogP contribution in [0.1, 0.15) is 31.4 Å². The predicted molar refractivity (Wildman–Crippen MR) is 106 cm³/mol. The number of rotatable bonds is 7. The molecule has 0 aliphatic rings. The van der Waals surface area contributed by atoms with Crippen molar-refractivity contribution in [2.24, 2.45) is 5.10 Å². The second-order valence-corrected chi connectivity index (χ2v) is 6.46.